The van der Waals surface area contributed by atoms with E-state index in [1.54, 1.807) is 13.8 Å². The van der Waals surface area contributed by atoms with E-state index in [1.165, 1.54) is 20.8 Å². The second kappa shape index (κ2) is 14.6. The maximum absolute atomic E-state index is 13.5. The standard InChI is InChI=1S/C18H22F12O4.C11H12F4/c1-4-12(2,3)11(31)34-10-6-8(13(32,15(19,20)21)16(22,23)24)5-9(7-10)14(33,17(25,26)27)18(28,29)30;1-4-5(2)7-8(12)6(3)9(13)11(15)10(7)14/h8-10,32-33H,4-7H2,1-3H3;5H,4H2,1-3H3. The number of halogens is 16. The lowest BCUT2D eigenvalue weighted by atomic mass is 9.65. The van der Waals surface area contributed by atoms with Crippen LogP contribution in [-0.4, -0.2) is 58.2 Å². The monoisotopic (exact) mass is 750 g/mol. The summed E-state index contributed by atoms with van der Waals surface area (Å²) in [6.07, 6.45) is -33.5. The van der Waals surface area contributed by atoms with Crippen molar-refractivity contribution in [3.8, 4) is 0 Å². The van der Waals surface area contributed by atoms with Crippen LogP contribution in [0.1, 0.15) is 83.8 Å². The van der Waals surface area contributed by atoms with Crippen molar-refractivity contribution in [3.63, 3.8) is 0 Å². The topological polar surface area (TPSA) is 66.8 Å². The quantitative estimate of drug-likeness (QED) is 0.126. The van der Waals surface area contributed by atoms with Crippen molar-refractivity contribution < 1.29 is 90.0 Å². The molecule has 1 aromatic carbocycles. The Bertz CT molecular complexity index is 1210. The molecule has 20 heteroatoms. The van der Waals surface area contributed by atoms with E-state index in [1.807, 2.05) is 0 Å². The minimum absolute atomic E-state index is 0.0184. The minimum atomic E-state index is -6.58. The van der Waals surface area contributed by atoms with E-state index in [2.05, 4.69) is 0 Å². The number of ether oxygens (including phenoxy) is 1. The molecule has 3 atom stereocenters. The Morgan fingerprint density at radius 3 is 1.37 bits per heavy atom. The summed E-state index contributed by atoms with van der Waals surface area (Å²) >= 11 is 0. The number of benzene rings is 1. The van der Waals surface area contributed by atoms with E-state index in [0.29, 0.717) is 6.42 Å². The number of rotatable bonds is 7. The molecule has 49 heavy (non-hydrogen) atoms. The minimum Gasteiger partial charge on any atom is -0.462 e. The molecule has 3 unspecified atom stereocenters. The first-order valence-electron chi connectivity index (χ1n) is 14.4. The van der Waals surface area contributed by atoms with Crippen LogP contribution < -0.4 is 0 Å². The van der Waals surface area contributed by atoms with Crippen molar-refractivity contribution in [2.45, 2.75) is 122 Å². The number of hydrogen-bond acceptors (Lipinski definition) is 4. The molecular formula is C29H34F16O4. The van der Waals surface area contributed by atoms with Crippen LogP contribution in [0.25, 0.3) is 0 Å². The number of aliphatic hydroxyl groups is 2. The Morgan fingerprint density at radius 1 is 0.694 bits per heavy atom. The molecule has 0 spiro atoms. The van der Waals surface area contributed by atoms with E-state index in [0.717, 1.165) is 6.92 Å². The number of esters is 1. The SMILES string of the molecule is CCC(C)(C)C(=O)OC1CC(C(O)(C(F)(F)F)C(F)(F)F)CC(C(O)(C(F)(F)F)C(F)(F)F)C1.CCC(C)c1c(F)c(C)c(F)c(F)c1F. The highest BCUT2D eigenvalue weighted by Gasteiger charge is 2.78. The van der Waals surface area contributed by atoms with Crippen LogP contribution in [0.2, 0.25) is 0 Å². The average Bonchev–Trinajstić information content (AvgIpc) is 2.95. The lowest BCUT2D eigenvalue weighted by molar-refractivity contribution is -0.405. The molecule has 0 heterocycles. The maximum Gasteiger partial charge on any atom is 0.426 e. The number of hydrogen-bond donors (Lipinski definition) is 2. The molecule has 0 aromatic heterocycles. The van der Waals surface area contributed by atoms with Gasteiger partial charge in [-0.3, -0.25) is 4.79 Å². The molecule has 0 amide bonds. The van der Waals surface area contributed by atoms with Gasteiger partial charge in [-0.2, -0.15) is 52.7 Å². The largest absolute Gasteiger partial charge is 0.462 e. The Kier molecular flexibility index (Phi) is 13.3. The maximum atomic E-state index is 13.5. The fourth-order valence-electron chi connectivity index (χ4n) is 5.16. The van der Waals surface area contributed by atoms with Gasteiger partial charge in [0.1, 0.15) is 11.9 Å². The molecule has 0 bridgehead atoms. The second-order valence-electron chi connectivity index (χ2n) is 12.5. The van der Waals surface area contributed by atoms with Gasteiger partial charge in [-0.15, -0.1) is 0 Å². The highest BCUT2D eigenvalue weighted by molar-refractivity contribution is 5.76. The molecule has 0 aliphatic heterocycles. The van der Waals surface area contributed by atoms with Gasteiger partial charge < -0.3 is 14.9 Å². The van der Waals surface area contributed by atoms with E-state index in [4.69, 9.17) is 4.74 Å². The molecule has 1 aromatic rings. The van der Waals surface area contributed by atoms with Crippen LogP contribution in [0.3, 0.4) is 0 Å². The summed E-state index contributed by atoms with van der Waals surface area (Å²) in [5, 5.41) is 19.2. The molecule has 1 aliphatic rings. The average molecular weight is 751 g/mol. The number of carbonyl (C=O) groups excluding carboxylic acids is 1. The van der Waals surface area contributed by atoms with Crippen molar-refractivity contribution in [1.29, 1.82) is 0 Å². The summed E-state index contributed by atoms with van der Waals surface area (Å²) in [4.78, 5) is 12.2. The van der Waals surface area contributed by atoms with Gasteiger partial charge in [-0.25, -0.2) is 17.6 Å². The normalized spacial score (nSPS) is 20.8. The van der Waals surface area contributed by atoms with Gasteiger partial charge in [-0.05, 0) is 58.8 Å². The van der Waals surface area contributed by atoms with E-state index in [-0.39, 0.29) is 12.0 Å². The molecular weight excluding hydrogens is 716 g/mol. The number of alkyl halides is 12. The van der Waals surface area contributed by atoms with Crippen molar-refractivity contribution in [2.75, 3.05) is 0 Å². The summed E-state index contributed by atoms with van der Waals surface area (Å²) in [5.41, 5.74) is -13.8. The van der Waals surface area contributed by atoms with Crippen LogP contribution in [0, 0.1) is 47.4 Å². The molecule has 0 radical (unpaired) electrons. The van der Waals surface area contributed by atoms with Crippen molar-refractivity contribution >= 4 is 5.97 Å². The highest BCUT2D eigenvalue weighted by atomic mass is 19.4. The zero-order chi connectivity index (χ0) is 39.1. The number of carbonyl (C=O) groups is 1. The van der Waals surface area contributed by atoms with Crippen molar-refractivity contribution in [3.05, 3.63) is 34.4 Å². The molecule has 2 N–H and O–H groups in total. The van der Waals surface area contributed by atoms with Crippen LogP contribution >= 0.6 is 0 Å². The molecule has 1 saturated carbocycles. The van der Waals surface area contributed by atoms with Gasteiger partial charge in [0.25, 0.3) is 11.2 Å². The molecule has 1 fully saturated rings. The zero-order valence-electron chi connectivity index (χ0n) is 26.6. The fourth-order valence-corrected chi connectivity index (χ4v) is 5.16. The summed E-state index contributed by atoms with van der Waals surface area (Å²) in [6, 6.07) is 0. The van der Waals surface area contributed by atoms with Gasteiger partial charge in [0.15, 0.2) is 17.5 Å². The summed E-state index contributed by atoms with van der Waals surface area (Å²) in [5.74, 6) is -14.0. The van der Waals surface area contributed by atoms with Crippen LogP contribution in [0.15, 0.2) is 0 Å². The van der Waals surface area contributed by atoms with Gasteiger partial charge in [-0.1, -0.05) is 20.8 Å². The molecule has 4 nitrogen and oxygen atoms in total. The van der Waals surface area contributed by atoms with Crippen LogP contribution in [-0.2, 0) is 9.53 Å². The van der Waals surface area contributed by atoms with Crippen molar-refractivity contribution in [1.82, 2.24) is 0 Å². The Morgan fingerprint density at radius 2 is 1.06 bits per heavy atom. The Balaban J connectivity index is 0.000000663. The van der Waals surface area contributed by atoms with E-state index in [9.17, 15) is 85.3 Å². The lowest BCUT2D eigenvalue weighted by Crippen LogP contribution is -2.67. The van der Waals surface area contributed by atoms with E-state index < -0.39 is 119 Å². The highest BCUT2D eigenvalue weighted by Crippen LogP contribution is 2.58. The summed E-state index contributed by atoms with van der Waals surface area (Å²) in [7, 11) is 0. The fraction of sp³-hybridized carbons (Fsp3) is 0.759. The predicted octanol–water partition coefficient (Wildman–Crippen LogP) is 9.53. The second-order valence-corrected chi connectivity index (χ2v) is 12.5. The lowest BCUT2D eigenvalue weighted by Gasteiger charge is -2.48. The summed E-state index contributed by atoms with van der Waals surface area (Å²) < 4.78 is 217. The molecule has 0 saturated heterocycles. The molecule has 1 aliphatic carbocycles. The first-order chi connectivity index (χ1) is 21.7. The van der Waals surface area contributed by atoms with Gasteiger partial charge in [0, 0.05) is 23.0 Å². The summed E-state index contributed by atoms with van der Waals surface area (Å²) in [6.45, 7) is 8.21. The third-order valence-electron chi connectivity index (χ3n) is 8.91. The third-order valence-corrected chi connectivity index (χ3v) is 8.91. The molecule has 2 rings (SSSR count). The first-order valence-corrected chi connectivity index (χ1v) is 14.4. The van der Waals surface area contributed by atoms with Crippen molar-refractivity contribution in [2.24, 2.45) is 17.3 Å². The first kappa shape index (κ1) is 44.5. The zero-order valence-corrected chi connectivity index (χ0v) is 26.6. The van der Waals surface area contributed by atoms with E-state index >= 15 is 0 Å². The van der Waals surface area contributed by atoms with Gasteiger partial charge in [0.2, 0.25) is 0 Å². The smallest absolute Gasteiger partial charge is 0.426 e. The van der Waals surface area contributed by atoms with Crippen LogP contribution in [0.4, 0.5) is 70.2 Å². The van der Waals surface area contributed by atoms with Gasteiger partial charge in [0.05, 0.1) is 5.41 Å². The molecule has 286 valence electrons. The van der Waals surface area contributed by atoms with Gasteiger partial charge >= 0.3 is 30.7 Å². The predicted molar refractivity (Wildman–Crippen MR) is 139 cm³/mol. The Labute approximate surface area is 269 Å². The third kappa shape index (κ3) is 8.52. The van der Waals surface area contributed by atoms with Crippen LogP contribution in [0.5, 0.6) is 0 Å². The Hall–Kier alpha value is -2.51.